The molecule has 7 heteroatoms. The van der Waals surface area contributed by atoms with Gasteiger partial charge in [-0.15, -0.1) is 0 Å². The maximum absolute atomic E-state index is 12.5. The van der Waals surface area contributed by atoms with Gasteiger partial charge in [-0.25, -0.2) is 0 Å². The molecule has 6 nitrogen and oxygen atoms in total. The number of rotatable bonds is 2. The van der Waals surface area contributed by atoms with Gasteiger partial charge < -0.3 is 4.74 Å². The van der Waals surface area contributed by atoms with Crippen LogP contribution >= 0.6 is 11.8 Å². The van der Waals surface area contributed by atoms with Gasteiger partial charge in [0.15, 0.2) is 5.09 Å². The predicted octanol–water partition coefficient (Wildman–Crippen LogP) is 3.69. The Morgan fingerprint density at radius 2 is 1.60 bits per heavy atom. The lowest BCUT2D eigenvalue weighted by atomic mass is 10.1. The van der Waals surface area contributed by atoms with E-state index in [1.807, 2.05) is 0 Å². The second kappa shape index (κ2) is 5.86. The molecule has 0 amide bonds. The number of fused-ring (bicyclic) bond motifs is 1. The molecule has 0 bridgehead atoms. The van der Waals surface area contributed by atoms with Crippen LogP contribution in [0.25, 0.3) is 0 Å². The molecule has 25 heavy (non-hydrogen) atoms. The molecule has 1 unspecified atom stereocenters. The maximum atomic E-state index is 12.5. The van der Waals surface area contributed by atoms with Crippen molar-refractivity contribution in [3.05, 3.63) is 86.0 Å². The zero-order chi connectivity index (χ0) is 17.6. The van der Waals surface area contributed by atoms with E-state index in [1.165, 1.54) is 17.8 Å². The first kappa shape index (κ1) is 15.6. The highest BCUT2D eigenvalue weighted by molar-refractivity contribution is 8.03. The number of Topliss-reactive ketones (excluding diaryl/α,β-unsaturated/α-hetero) is 2. The van der Waals surface area contributed by atoms with Crippen molar-refractivity contribution in [1.29, 1.82) is 0 Å². The van der Waals surface area contributed by atoms with Gasteiger partial charge in [0.1, 0.15) is 11.7 Å². The van der Waals surface area contributed by atoms with Crippen LogP contribution in [0.15, 0.2) is 59.2 Å². The van der Waals surface area contributed by atoms with Crippen LogP contribution in [0.2, 0.25) is 0 Å². The highest BCUT2D eigenvalue weighted by atomic mass is 32.2. The number of para-hydroxylation sites is 1. The number of nitrogens with zero attached hydrogens (tertiary/aromatic N) is 1. The molecule has 1 aliphatic carbocycles. The lowest BCUT2D eigenvalue weighted by molar-refractivity contribution is -0.386. The zero-order valence-electron chi connectivity index (χ0n) is 12.8. The van der Waals surface area contributed by atoms with Crippen molar-refractivity contribution in [3.63, 3.8) is 0 Å². The van der Waals surface area contributed by atoms with Crippen LogP contribution in [-0.2, 0) is 4.74 Å². The van der Waals surface area contributed by atoms with Gasteiger partial charge >= 0.3 is 0 Å². The molecular weight excluding hydrogens is 342 g/mol. The number of carbonyl (C=O) groups is 2. The van der Waals surface area contributed by atoms with Gasteiger partial charge in [-0.05, 0) is 6.07 Å². The van der Waals surface area contributed by atoms with E-state index in [9.17, 15) is 19.7 Å². The number of nitro benzene ring substituents is 1. The molecule has 0 spiro atoms. The summed E-state index contributed by atoms with van der Waals surface area (Å²) in [4.78, 5) is 35.8. The summed E-state index contributed by atoms with van der Waals surface area (Å²) >= 11 is 1.23. The molecule has 4 rings (SSSR count). The summed E-state index contributed by atoms with van der Waals surface area (Å²) in [5, 5.41) is 11.4. The van der Waals surface area contributed by atoms with Crippen LogP contribution in [-0.4, -0.2) is 22.2 Å². The summed E-state index contributed by atoms with van der Waals surface area (Å²) < 4.78 is 5.79. The van der Waals surface area contributed by atoms with E-state index in [4.69, 9.17) is 4.74 Å². The largest absolute Gasteiger partial charge is 0.477 e. The summed E-state index contributed by atoms with van der Waals surface area (Å²) in [6.45, 7) is 0. The average Bonchev–Trinajstić information content (AvgIpc) is 3.19. The lowest BCUT2D eigenvalue weighted by Crippen LogP contribution is -2.06. The van der Waals surface area contributed by atoms with Crippen molar-refractivity contribution < 1.29 is 19.2 Å². The van der Waals surface area contributed by atoms with Gasteiger partial charge in [0, 0.05) is 22.9 Å². The molecule has 0 aromatic heterocycles. The predicted molar refractivity (Wildman–Crippen MR) is 91.5 cm³/mol. The number of hydrogen-bond acceptors (Lipinski definition) is 6. The third kappa shape index (κ3) is 2.44. The summed E-state index contributed by atoms with van der Waals surface area (Å²) in [7, 11) is 0. The third-order valence-corrected chi connectivity index (χ3v) is 5.20. The fraction of sp³-hybridized carbons (Fsp3) is 0.111. The van der Waals surface area contributed by atoms with Crippen molar-refractivity contribution in [2.45, 2.75) is 6.10 Å². The van der Waals surface area contributed by atoms with Crippen molar-refractivity contribution >= 4 is 29.0 Å². The quantitative estimate of drug-likeness (QED) is 0.354. The second-order valence-corrected chi connectivity index (χ2v) is 6.59. The number of carbonyl (C=O) groups excluding carboxylic acids is 2. The van der Waals surface area contributed by atoms with E-state index in [0.29, 0.717) is 22.4 Å². The number of benzene rings is 2. The topological polar surface area (TPSA) is 86.5 Å². The number of hydrogen-bond donors (Lipinski definition) is 0. The Bertz CT molecular complexity index is 928. The molecule has 0 radical (unpaired) electrons. The third-order valence-electron chi connectivity index (χ3n) is 4.17. The Labute approximate surface area is 146 Å². The smallest absolute Gasteiger partial charge is 0.276 e. The van der Waals surface area contributed by atoms with E-state index >= 15 is 0 Å². The first-order valence-corrected chi connectivity index (χ1v) is 8.52. The van der Waals surface area contributed by atoms with Crippen LogP contribution in [0.1, 0.15) is 32.4 Å². The molecule has 1 fully saturated rings. The fourth-order valence-corrected chi connectivity index (χ4v) is 4.06. The van der Waals surface area contributed by atoms with Gasteiger partial charge in [0.25, 0.3) is 5.69 Å². The Morgan fingerprint density at radius 1 is 1.00 bits per heavy atom. The number of nitro groups is 1. The molecule has 2 aliphatic rings. The lowest BCUT2D eigenvalue weighted by Gasteiger charge is -2.10. The molecule has 2 aromatic rings. The fourth-order valence-electron chi connectivity index (χ4n) is 3.00. The van der Waals surface area contributed by atoms with E-state index < -0.39 is 11.0 Å². The first-order chi connectivity index (χ1) is 12.1. The molecule has 1 aliphatic heterocycles. The van der Waals surface area contributed by atoms with Gasteiger partial charge in [-0.3, -0.25) is 19.7 Å². The van der Waals surface area contributed by atoms with Gasteiger partial charge in [-0.2, -0.15) is 0 Å². The van der Waals surface area contributed by atoms with Crippen molar-refractivity contribution in [1.82, 2.24) is 0 Å². The van der Waals surface area contributed by atoms with Crippen LogP contribution in [0.5, 0.6) is 0 Å². The van der Waals surface area contributed by atoms with Crippen molar-refractivity contribution in [2.24, 2.45) is 0 Å². The summed E-state index contributed by atoms with van der Waals surface area (Å²) in [5.74, 6) is -0.307. The van der Waals surface area contributed by atoms with Crippen LogP contribution < -0.4 is 0 Å². The van der Waals surface area contributed by atoms with Gasteiger partial charge in [0.2, 0.25) is 11.6 Å². The van der Waals surface area contributed by atoms with E-state index in [1.54, 1.807) is 42.5 Å². The molecule has 0 saturated carbocycles. The van der Waals surface area contributed by atoms with E-state index in [2.05, 4.69) is 0 Å². The van der Waals surface area contributed by atoms with Crippen LogP contribution in [0.3, 0.4) is 0 Å². The Balaban J connectivity index is 1.70. The average molecular weight is 353 g/mol. The molecule has 124 valence electrons. The molecule has 1 saturated heterocycles. The normalized spacial score (nSPS) is 19.1. The maximum Gasteiger partial charge on any atom is 0.276 e. The number of allylic oxidation sites excluding steroid dienone is 1. The Hall–Kier alpha value is -2.93. The van der Waals surface area contributed by atoms with Crippen molar-refractivity contribution in [3.8, 4) is 0 Å². The monoisotopic (exact) mass is 353 g/mol. The minimum atomic E-state index is -0.571. The number of ketones is 2. The minimum Gasteiger partial charge on any atom is -0.477 e. The highest BCUT2D eigenvalue weighted by Gasteiger charge is 2.40. The molecule has 1 heterocycles. The van der Waals surface area contributed by atoms with E-state index in [-0.39, 0.29) is 27.9 Å². The standard InChI is InChI=1S/C18H11NO5S/c20-16-10-5-1-2-6-11(10)17(21)15(16)18-24-14(9-25-18)12-7-3-4-8-13(12)19(22)23/h1-8,14H,9H2. The highest BCUT2D eigenvalue weighted by Crippen LogP contribution is 2.44. The summed E-state index contributed by atoms with van der Waals surface area (Å²) in [5.41, 5.74) is 1.16. The molecule has 0 N–H and O–H groups in total. The summed E-state index contributed by atoms with van der Waals surface area (Å²) in [6, 6.07) is 13.0. The summed E-state index contributed by atoms with van der Waals surface area (Å²) in [6.07, 6.45) is -0.571. The minimum absolute atomic E-state index is 0.0206. The van der Waals surface area contributed by atoms with Crippen LogP contribution in [0.4, 0.5) is 5.69 Å². The first-order valence-electron chi connectivity index (χ1n) is 7.53. The Kier molecular flexibility index (Phi) is 3.65. The van der Waals surface area contributed by atoms with Crippen molar-refractivity contribution in [2.75, 3.05) is 5.75 Å². The molecular formula is C18H11NO5S. The number of thioether (sulfide) groups is 1. The molecule has 1 atom stereocenters. The van der Waals surface area contributed by atoms with E-state index in [0.717, 1.165) is 0 Å². The molecule has 2 aromatic carbocycles. The second-order valence-electron chi connectivity index (χ2n) is 5.60. The van der Waals surface area contributed by atoms with Crippen LogP contribution in [0, 0.1) is 10.1 Å². The van der Waals surface area contributed by atoms with Gasteiger partial charge in [-0.1, -0.05) is 48.2 Å². The Morgan fingerprint density at radius 3 is 2.24 bits per heavy atom. The van der Waals surface area contributed by atoms with Gasteiger partial charge in [0.05, 0.1) is 10.5 Å². The number of ether oxygens (including phenoxy) is 1. The zero-order valence-corrected chi connectivity index (χ0v) is 13.6. The SMILES string of the molecule is O=C1C(=C2OC(c3ccccc3[N+](=O)[O-])CS2)C(=O)c2ccccc21.